The van der Waals surface area contributed by atoms with Crippen molar-refractivity contribution in [2.45, 2.75) is 18.8 Å². The van der Waals surface area contributed by atoms with E-state index in [-0.39, 0.29) is 6.61 Å². The van der Waals surface area contributed by atoms with Gasteiger partial charge < -0.3 is 4.74 Å². The van der Waals surface area contributed by atoms with E-state index >= 15 is 0 Å². The molecule has 0 saturated heterocycles. The van der Waals surface area contributed by atoms with Gasteiger partial charge in [0.05, 0.1) is 7.11 Å². The Labute approximate surface area is 136 Å². The van der Waals surface area contributed by atoms with Gasteiger partial charge in [-0.05, 0) is 15.7 Å². The summed E-state index contributed by atoms with van der Waals surface area (Å²) in [4.78, 5) is 11.9. The molecule has 0 saturated carbocycles. The zero-order chi connectivity index (χ0) is 16.5. The molecule has 1 unspecified atom stereocenters. The fraction of sp³-hybridized carbons (Fsp3) is 0.235. The Morgan fingerprint density at radius 3 is 2.17 bits per heavy atom. The molecule has 0 radical (unpaired) electrons. The Hall–Kier alpha value is -2.23. The van der Waals surface area contributed by atoms with Crippen LogP contribution in [-0.4, -0.2) is 19.0 Å². The van der Waals surface area contributed by atoms with E-state index in [1.807, 2.05) is 60.7 Å². The third-order valence-corrected chi connectivity index (χ3v) is 4.38. The molecule has 0 aliphatic rings. The van der Waals surface area contributed by atoms with E-state index < -0.39 is 19.9 Å². The number of nitrogens with one attached hydrogen (secondary N) is 1. The van der Waals surface area contributed by atoms with Gasteiger partial charge in [0, 0.05) is 6.42 Å². The maximum Gasteiger partial charge on any atom is 0.533 e. The van der Waals surface area contributed by atoms with E-state index in [4.69, 9.17) is 9.26 Å². The number of alkyl carbamates (subject to hydrolysis) is 1. The van der Waals surface area contributed by atoms with Gasteiger partial charge in [0.2, 0.25) is 0 Å². The quantitative estimate of drug-likeness (QED) is 0.782. The topological polar surface area (TPSA) is 64.6 Å². The maximum absolute atomic E-state index is 12.0. The van der Waals surface area contributed by atoms with Crippen LogP contribution < -0.4 is 5.32 Å². The second-order valence-electron chi connectivity index (χ2n) is 4.88. The van der Waals surface area contributed by atoms with Crippen LogP contribution in [0.25, 0.3) is 0 Å². The van der Waals surface area contributed by atoms with Crippen molar-refractivity contribution in [3.63, 3.8) is 0 Å². The van der Waals surface area contributed by atoms with E-state index in [0.29, 0.717) is 6.42 Å². The average molecular weight is 332 g/mol. The largest absolute Gasteiger partial charge is 0.533 e. The smallest absolute Gasteiger partial charge is 0.445 e. The van der Waals surface area contributed by atoms with Crippen molar-refractivity contribution in [1.82, 2.24) is 5.32 Å². The van der Waals surface area contributed by atoms with Crippen molar-refractivity contribution in [1.29, 1.82) is 0 Å². The molecule has 23 heavy (non-hydrogen) atoms. The first-order valence-electron chi connectivity index (χ1n) is 7.20. The van der Waals surface area contributed by atoms with Gasteiger partial charge >= 0.3 is 14.1 Å². The highest BCUT2D eigenvalue weighted by Crippen LogP contribution is 2.29. The Morgan fingerprint density at radius 1 is 1.04 bits per heavy atom. The molecular formula is C17H19NO4P+. The predicted molar refractivity (Wildman–Crippen MR) is 88.3 cm³/mol. The summed E-state index contributed by atoms with van der Waals surface area (Å²) < 4.78 is 22.0. The van der Waals surface area contributed by atoms with Crippen LogP contribution in [-0.2, 0) is 26.9 Å². The maximum atomic E-state index is 12.0. The molecule has 0 heterocycles. The minimum absolute atomic E-state index is 0.161. The third-order valence-electron chi connectivity index (χ3n) is 3.20. The van der Waals surface area contributed by atoms with Crippen LogP contribution in [0, 0.1) is 0 Å². The van der Waals surface area contributed by atoms with Crippen molar-refractivity contribution in [2.24, 2.45) is 0 Å². The van der Waals surface area contributed by atoms with Gasteiger partial charge in [-0.1, -0.05) is 60.7 Å². The zero-order valence-corrected chi connectivity index (χ0v) is 13.7. The van der Waals surface area contributed by atoms with Crippen LogP contribution in [0.1, 0.15) is 11.1 Å². The monoisotopic (exact) mass is 332 g/mol. The molecule has 0 aliphatic heterocycles. The van der Waals surface area contributed by atoms with Gasteiger partial charge in [-0.2, -0.15) is 0 Å². The predicted octanol–water partition coefficient (Wildman–Crippen LogP) is 3.87. The molecule has 0 aliphatic carbocycles. The SMILES string of the molecule is CO[P+](=O)[C@H](Cc1ccccc1)NC(=O)OCc1ccccc1. The molecule has 2 rings (SSSR count). The lowest BCUT2D eigenvalue weighted by Gasteiger charge is -2.10. The van der Waals surface area contributed by atoms with Crippen molar-refractivity contribution >= 4 is 14.1 Å². The van der Waals surface area contributed by atoms with E-state index in [1.165, 1.54) is 7.11 Å². The number of hydrogen-bond donors (Lipinski definition) is 1. The molecule has 1 N–H and O–H groups in total. The van der Waals surface area contributed by atoms with Crippen molar-refractivity contribution in [3.8, 4) is 0 Å². The van der Waals surface area contributed by atoms with Crippen LogP contribution in [0.3, 0.4) is 0 Å². The molecule has 0 aromatic heterocycles. The van der Waals surface area contributed by atoms with Crippen LogP contribution in [0.5, 0.6) is 0 Å². The molecule has 120 valence electrons. The summed E-state index contributed by atoms with van der Waals surface area (Å²) in [7, 11) is -0.670. The Balaban J connectivity index is 1.91. The van der Waals surface area contributed by atoms with Crippen LogP contribution in [0.2, 0.25) is 0 Å². The Bertz CT molecular complexity index is 634. The minimum Gasteiger partial charge on any atom is -0.445 e. The normalized spacial score (nSPS) is 12.3. The molecule has 1 amide bonds. The van der Waals surface area contributed by atoms with Gasteiger partial charge in [0.25, 0.3) is 5.78 Å². The number of rotatable bonds is 7. The van der Waals surface area contributed by atoms with E-state index in [9.17, 15) is 9.36 Å². The summed E-state index contributed by atoms with van der Waals surface area (Å²) >= 11 is 0. The van der Waals surface area contributed by atoms with Gasteiger partial charge in [-0.25, -0.2) is 4.79 Å². The lowest BCUT2D eigenvalue weighted by Crippen LogP contribution is -2.34. The minimum atomic E-state index is -2.02. The fourth-order valence-corrected chi connectivity index (χ4v) is 2.87. The number of carbonyl (C=O) groups excluding carboxylic acids is 1. The first-order chi connectivity index (χ1) is 11.2. The fourth-order valence-electron chi connectivity index (χ4n) is 2.04. The summed E-state index contributed by atoms with van der Waals surface area (Å²) in [6, 6.07) is 18.9. The molecule has 5 nitrogen and oxygen atoms in total. The molecule has 0 bridgehead atoms. The number of hydrogen-bond acceptors (Lipinski definition) is 4. The van der Waals surface area contributed by atoms with Gasteiger partial charge in [-0.3, -0.25) is 5.32 Å². The Kier molecular flexibility index (Phi) is 6.73. The summed E-state index contributed by atoms with van der Waals surface area (Å²) in [6.45, 7) is 0.161. The van der Waals surface area contributed by atoms with E-state index in [0.717, 1.165) is 11.1 Å². The van der Waals surface area contributed by atoms with Crippen molar-refractivity contribution < 1.29 is 18.6 Å². The second kappa shape index (κ2) is 9.03. The van der Waals surface area contributed by atoms with Crippen molar-refractivity contribution in [3.05, 3.63) is 71.8 Å². The van der Waals surface area contributed by atoms with Crippen LogP contribution >= 0.6 is 8.03 Å². The lowest BCUT2D eigenvalue weighted by molar-refractivity contribution is 0.138. The summed E-state index contributed by atoms with van der Waals surface area (Å²) in [5, 5.41) is 2.62. The van der Waals surface area contributed by atoms with Crippen molar-refractivity contribution in [2.75, 3.05) is 7.11 Å². The van der Waals surface area contributed by atoms with Gasteiger partial charge in [0.1, 0.15) is 6.61 Å². The number of ether oxygens (including phenoxy) is 1. The van der Waals surface area contributed by atoms with E-state index in [2.05, 4.69) is 5.32 Å². The molecule has 2 aromatic rings. The summed E-state index contributed by atoms with van der Waals surface area (Å²) in [5.74, 6) is -0.638. The first kappa shape index (κ1) is 17.1. The number of amides is 1. The third kappa shape index (κ3) is 5.81. The molecule has 0 spiro atoms. The van der Waals surface area contributed by atoms with Crippen LogP contribution in [0.15, 0.2) is 60.7 Å². The van der Waals surface area contributed by atoms with Gasteiger partial charge in [-0.15, -0.1) is 4.52 Å². The zero-order valence-electron chi connectivity index (χ0n) is 12.8. The lowest BCUT2D eigenvalue weighted by atomic mass is 10.1. The molecular weight excluding hydrogens is 313 g/mol. The number of carbonyl (C=O) groups is 1. The Morgan fingerprint density at radius 2 is 1.61 bits per heavy atom. The summed E-state index contributed by atoms with van der Waals surface area (Å²) in [6.07, 6.45) is -0.209. The second-order valence-corrected chi connectivity index (χ2v) is 6.44. The van der Waals surface area contributed by atoms with Crippen LogP contribution in [0.4, 0.5) is 4.79 Å². The highest BCUT2D eigenvalue weighted by Gasteiger charge is 2.33. The first-order valence-corrected chi connectivity index (χ1v) is 8.45. The summed E-state index contributed by atoms with van der Waals surface area (Å²) in [5.41, 5.74) is 1.85. The molecule has 2 atom stereocenters. The standard InChI is InChI=1S/C17H18NO4P/c1-21-23(20)16(12-14-8-4-2-5-9-14)18-17(19)22-13-15-10-6-3-7-11-15/h2-11,16H,12-13H2,1H3/p+1/t16-/m1/s1. The molecule has 2 aromatic carbocycles. The molecule has 6 heteroatoms. The highest BCUT2D eigenvalue weighted by atomic mass is 31.1. The highest BCUT2D eigenvalue weighted by molar-refractivity contribution is 7.40. The number of benzene rings is 2. The average Bonchev–Trinajstić information content (AvgIpc) is 2.60. The van der Waals surface area contributed by atoms with Gasteiger partial charge in [0.15, 0.2) is 0 Å². The van der Waals surface area contributed by atoms with E-state index in [1.54, 1.807) is 0 Å². The molecule has 0 fully saturated rings.